The minimum atomic E-state index is -3.08. The van der Waals surface area contributed by atoms with E-state index in [-0.39, 0.29) is 30.2 Å². The number of imide groups is 3. The van der Waals surface area contributed by atoms with Crippen LogP contribution >= 0.6 is 11.6 Å². The van der Waals surface area contributed by atoms with Crippen LogP contribution in [0.25, 0.3) is 6.08 Å². The summed E-state index contributed by atoms with van der Waals surface area (Å²) in [7, 11) is -1.97. The highest BCUT2D eigenvalue weighted by Crippen LogP contribution is 2.47. The van der Waals surface area contributed by atoms with Gasteiger partial charge in [-0.1, -0.05) is 112 Å². The Kier molecular flexibility index (Phi) is 12.3. The van der Waals surface area contributed by atoms with Gasteiger partial charge in [-0.3, -0.25) is 9.59 Å². The first-order valence-electron chi connectivity index (χ1n) is 17.7. The van der Waals surface area contributed by atoms with Crippen molar-refractivity contribution in [1.29, 1.82) is 0 Å². The van der Waals surface area contributed by atoms with E-state index in [0.717, 1.165) is 28.6 Å². The van der Waals surface area contributed by atoms with Crippen molar-refractivity contribution in [2.24, 2.45) is 17.8 Å². The largest absolute Gasteiger partial charge is 0.508 e. The van der Waals surface area contributed by atoms with Gasteiger partial charge in [-0.25, -0.2) is 4.79 Å². The summed E-state index contributed by atoms with van der Waals surface area (Å²) in [5.41, 5.74) is 2.83. The molecular weight excluding hydrogens is 698 g/mol. The number of rotatable bonds is 12. The highest BCUT2D eigenvalue weighted by molar-refractivity contribution is 6.99. The maximum absolute atomic E-state index is 13.7. The highest BCUT2D eigenvalue weighted by Gasteiger charge is 2.58. The van der Waals surface area contributed by atoms with Crippen molar-refractivity contribution in [2.75, 3.05) is 20.3 Å². The first-order valence-corrected chi connectivity index (χ1v) is 20.0. The number of fused-ring (bicyclic) bond motifs is 1. The number of aromatic hydroxyl groups is 1. The molecule has 2 aliphatic rings. The number of aliphatic hydroxyl groups is 2. The highest BCUT2D eigenvalue weighted by atomic mass is 35.5. The van der Waals surface area contributed by atoms with Crippen molar-refractivity contribution in [3.05, 3.63) is 106 Å². The van der Waals surface area contributed by atoms with Gasteiger partial charge in [-0.2, -0.15) is 4.90 Å². The fourth-order valence-electron chi connectivity index (χ4n) is 8.00. The zero-order valence-electron chi connectivity index (χ0n) is 30.3. The Morgan fingerprint density at radius 3 is 2.15 bits per heavy atom. The van der Waals surface area contributed by atoms with Gasteiger partial charge in [-0.15, -0.1) is 0 Å². The molecule has 9 nitrogen and oxygen atoms in total. The first-order chi connectivity index (χ1) is 24.8. The molecule has 1 fully saturated rings. The maximum Gasteiger partial charge on any atom is 0.423 e. The molecular formula is C41H48ClNO8Si. The van der Waals surface area contributed by atoms with Crippen LogP contribution in [0.1, 0.15) is 58.9 Å². The molecule has 52 heavy (non-hydrogen) atoms. The molecule has 3 aromatic carbocycles. The van der Waals surface area contributed by atoms with Crippen molar-refractivity contribution in [3.8, 4) is 5.75 Å². The topological polar surface area (TPSA) is 134 Å². The number of carbonyl (C=O) groups is 3. The molecule has 11 heteroatoms. The number of benzene rings is 3. The summed E-state index contributed by atoms with van der Waals surface area (Å²) in [6, 6.07) is 25.0. The van der Waals surface area contributed by atoms with E-state index in [9.17, 15) is 29.7 Å². The van der Waals surface area contributed by atoms with Crippen LogP contribution in [0.4, 0.5) is 4.79 Å². The molecule has 1 heterocycles. The number of halogens is 1. The van der Waals surface area contributed by atoms with Crippen molar-refractivity contribution < 1.29 is 38.9 Å². The number of aliphatic hydroxyl groups excluding tert-OH is 2. The molecule has 0 bridgehead atoms. The molecule has 0 spiro atoms. The molecule has 1 aliphatic heterocycles. The molecule has 3 amide bonds. The Bertz CT molecular complexity index is 1800. The first kappa shape index (κ1) is 39.2. The van der Waals surface area contributed by atoms with Gasteiger partial charge >= 0.3 is 6.09 Å². The van der Waals surface area contributed by atoms with Crippen LogP contribution in [0.3, 0.4) is 0 Å². The number of likely N-dealkylation sites (tertiary alicyclic amines) is 1. The zero-order valence-corrected chi connectivity index (χ0v) is 32.1. The average Bonchev–Trinajstić information content (AvgIpc) is 3.38. The summed E-state index contributed by atoms with van der Waals surface area (Å²) < 4.78 is 12.1. The van der Waals surface area contributed by atoms with E-state index in [1.165, 1.54) is 6.07 Å². The van der Waals surface area contributed by atoms with Gasteiger partial charge in [0.2, 0.25) is 11.8 Å². The minimum absolute atomic E-state index is 0.0404. The van der Waals surface area contributed by atoms with Crippen LogP contribution in [-0.4, -0.2) is 72.9 Å². The lowest BCUT2D eigenvalue weighted by atomic mass is 9.68. The molecule has 3 aromatic rings. The average molecular weight is 746 g/mol. The van der Waals surface area contributed by atoms with Crippen LogP contribution in [0.2, 0.25) is 10.1 Å². The lowest BCUT2D eigenvalue weighted by molar-refractivity contribution is -0.137. The number of hydrogen-bond donors (Lipinski definition) is 3. The van der Waals surface area contributed by atoms with Crippen LogP contribution in [-0.2, 0) is 18.8 Å². The molecule has 1 saturated heterocycles. The van der Waals surface area contributed by atoms with E-state index in [1.807, 2.05) is 49.4 Å². The molecule has 5 rings (SSSR count). The second-order valence-corrected chi connectivity index (χ2v) is 19.2. The minimum Gasteiger partial charge on any atom is -0.508 e. The van der Waals surface area contributed by atoms with Gasteiger partial charge in [0, 0.05) is 5.92 Å². The van der Waals surface area contributed by atoms with E-state index >= 15 is 0 Å². The molecule has 1 aliphatic carbocycles. The Hall–Kier alpha value is -4.06. The smallest absolute Gasteiger partial charge is 0.423 e. The van der Waals surface area contributed by atoms with Crippen molar-refractivity contribution in [3.63, 3.8) is 0 Å². The number of phenolic OH excluding ortho intramolecular Hbond substituents is 1. The van der Waals surface area contributed by atoms with Gasteiger partial charge in [-0.05, 0) is 76.0 Å². The lowest BCUT2D eigenvalue weighted by Gasteiger charge is -2.44. The number of ether oxygens (including phenoxy) is 1. The van der Waals surface area contributed by atoms with Crippen LogP contribution < -0.4 is 10.4 Å². The molecule has 3 N–H and O–H groups in total. The van der Waals surface area contributed by atoms with Crippen LogP contribution in [0.5, 0.6) is 5.75 Å². The summed E-state index contributed by atoms with van der Waals surface area (Å²) in [5.74, 6) is -4.27. The van der Waals surface area contributed by atoms with E-state index in [2.05, 4.69) is 45.0 Å². The van der Waals surface area contributed by atoms with Gasteiger partial charge in [0.25, 0.3) is 8.32 Å². The lowest BCUT2D eigenvalue weighted by Crippen LogP contribution is -2.66. The molecule has 4 atom stereocenters. The number of methoxy groups -OCH3 is 1. The van der Waals surface area contributed by atoms with Gasteiger partial charge < -0.3 is 24.5 Å². The summed E-state index contributed by atoms with van der Waals surface area (Å²) in [6.07, 6.45) is 1.23. The monoisotopic (exact) mass is 745 g/mol. The molecule has 0 radical (unpaired) electrons. The Morgan fingerprint density at radius 1 is 1.02 bits per heavy atom. The molecule has 0 unspecified atom stereocenters. The Balaban J connectivity index is 1.59. The number of hydrogen-bond acceptors (Lipinski definition) is 8. The molecule has 0 aromatic heterocycles. The normalized spacial score (nSPS) is 20.3. The van der Waals surface area contributed by atoms with Gasteiger partial charge in [0.05, 0.1) is 43.3 Å². The SMILES string of the molecule is CC/C(=C\c1ccc(O)cc1Cl)CC[C@@H](O)C1=C(CO[Si](c2ccccc2)(c2ccccc2)C(C)(C)C)C[C@H]2C(=O)N(C(=O)OC)C(=O)[C@H]2[C@H]1CO. The maximum atomic E-state index is 13.7. The van der Waals surface area contributed by atoms with E-state index in [4.69, 9.17) is 20.8 Å². The Labute approximate surface area is 311 Å². The number of nitrogens with zero attached hydrogens (tertiary/aromatic N) is 1. The van der Waals surface area contributed by atoms with Gasteiger partial charge in [0.15, 0.2) is 0 Å². The fraction of sp³-hybridized carbons (Fsp3) is 0.390. The van der Waals surface area contributed by atoms with Crippen molar-refractivity contribution >= 4 is 54.3 Å². The Morgan fingerprint density at radius 2 is 1.63 bits per heavy atom. The predicted molar refractivity (Wildman–Crippen MR) is 204 cm³/mol. The fourth-order valence-corrected chi connectivity index (χ4v) is 12.8. The van der Waals surface area contributed by atoms with Crippen LogP contribution in [0, 0.1) is 17.8 Å². The standard InChI is InChI=1S/C41H48ClNO8Si/c1-6-26(21-27-18-19-29(45)23-34(27)42)17-20-35(46)36-28(22-32-37(33(36)24-44)39(48)43(38(32)47)40(49)50-5)25-51-52(41(2,3)4,30-13-9-7-10-14-30)31-15-11-8-12-16-31/h7-16,18-19,21,23,32-33,35,37,44-46H,6,17,20,22,24-25H2,1-5H3/b26-21+/t32-,33+,35-,37-/m1/s1. The van der Waals surface area contributed by atoms with E-state index in [0.29, 0.717) is 33.9 Å². The van der Waals surface area contributed by atoms with Crippen molar-refractivity contribution in [2.45, 2.75) is 64.5 Å². The number of amides is 3. The van der Waals surface area contributed by atoms with Gasteiger partial charge in [0.1, 0.15) is 5.75 Å². The zero-order chi connectivity index (χ0) is 37.8. The summed E-state index contributed by atoms with van der Waals surface area (Å²) >= 11 is 6.39. The third-order valence-electron chi connectivity index (χ3n) is 10.5. The second-order valence-electron chi connectivity index (χ2n) is 14.5. The molecule has 276 valence electrons. The second kappa shape index (κ2) is 16.3. The number of carbonyl (C=O) groups excluding carboxylic acids is 3. The molecule has 0 saturated carbocycles. The third-order valence-corrected chi connectivity index (χ3v) is 15.8. The summed E-state index contributed by atoms with van der Waals surface area (Å²) in [4.78, 5) is 40.6. The van der Waals surface area contributed by atoms with Crippen molar-refractivity contribution in [1.82, 2.24) is 4.90 Å². The number of phenols is 1. The van der Waals surface area contributed by atoms with Crippen LogP contribution in [0.15, 0.2) is 95.6 Å². The number of allylic oxidation sites excluding steroid dienone is 1. The summed E-state index contributed by atoms with van der Waals surface area (Å²) in [6.45, 7) is 7.99. The summed E-state index contributed by atoms with van der Waals surface area (Å²) in [5, 5.41) is 34.9. The third kappa shape index (κ3) is 7.54. The predicted octanol–water partition coefficient (Wildman–Crippen LogP) is 6.23. The quantitative estimate of drug-likeness (QED) is 0.113. The van der Waals surface area contributed by atoms with E-state index in [1.54, 1.807) is 12.1 Å². The van der Waals surface area contributed by atoms with E-state index < -0.39 is 56.7 Å².